The molecule has 0 aromatic carbocycles. The third-order valence-electron chi connectivity index (χ3n) is 4.19. The lowest BCUT2D eigenvalue weighted by Crippen LogP contribution is -2.34. The summed E-state index contributed by atoms with van der Waals surface area (Å²) in [5, 5.41) is 17.6. The Morgan fingerprint density at radius 2 is 2.03 bits per heavy atom. The predicted molar refractivity (Wildman–Crippen MR) is 113 cm³/mol. The number of pyridine rings is 2. The molecule has 0 spiro atoms. The molecule has 0 aliphatic heterocycles. The molecule has 0 saturated carbocycles. The van der Waals surface area contributed by atoms with Crippen LogP contribution in [0.2, 0.25) is 10.0 Å². The number of nitrogens with zero attached hydrogens (tertiary/aromatic N) is 6. The van der Waals surface area contributed by atoms with Gasteiger partial charge in [-0.15, -0.1) is 0 Å². The Morgan fingerprint density at radius 1 is 1.16 bits per heavy atom. The van der Waals surface area contributed by atoms with Gasteiger partial charge in [0.25, 0.3) is 5.91 Å². The Labute approximate surface area is 185 Å². The maximum absolute atomic E-state index is 12.7. The van der Waals surface area contributed by atoms with Gasteiger partial charge in [0.2, 0.25) is 5.88 Å². The Bertz CT molecular complexity index is 1220. The largest absolute Gasteiger partial charge is 0.464 e. The van der Waals surface area contributed by atoms with Crippen molar-refractivity contribution in [3.05, 3.63) is 59.2 Å². The number of aliphatic hydroxyl groups is 1. The number of nitrogens with one attached hydrogen (secondary N) is 1. The van der Waals surface area contributed by atoms with Crippen LogP contribution in [0.25, 0.3) is 16.9 Å². The van der Waals surface area contributed by atoms with Crippen LogP contribution in [-0.4, -0.2) is 53.4 Å². The lowest BCUT2D eigenvalue weighted by atomic mass is 10.2. The molecular formula is C19H15Cl2N7O3. The first-order valence-corrected chi connectivity index (χ1v) is 9.82. The molecule has 0 saturated heterocycles. The van der Waals surface area contributed by atoms with E-state index in [1.165, 1.54) is 23.4 Å². The van der Waals surface area contributed by atoms with E-state index in [-0.39, 0.29) is 18.9 Å². The molecule has 4 heterocycles. The zero-order chi connectivity index (χ0) is 21.8. The monoisotopic (exact) mass is 459 g/mol. The smallest absolute Gasteiger partial charge is 0.266 e. The number of ether oxygens (including phenoxy) is 1. The minimum atomic E-state index is -1.04. The molecule has 1 amide bonds. The number of carbonyl (C=O) groups is 1. The Kier molecular flexibility index (Phi) is 6.21. The first-order valence-electron chi connectivity index (χ1n) is 9.06. The molecule has 0 fully saturated rings. The van der Waals surface area contributed by atoms with E-state index in [4.69, 9.17) is 27.9 Å². The van der Waals surface area contributed by atoms with Gasteiger partial charge in [0.1, 0.15) is 17.5 Å². The molecule has 4 aromatic rings. The average molecular weight is 460 g/mol. The number of fused-ring (bicyclic) bond motifs is 1. The van der Waals surface area contributed by atoms with Gasteiger partial charge in [-0.05, 0) is 24.3 Å². The molecule has 0 aliphatic rings. The zero-order valence-corrected chi connectivity index (χ0v) is 17.3. The molecule has 2 N–H and O–H groups in total. The van der Waals surface area contributed by atoms with Crippen molar-refractivity contribution in [3.8, 4) is 11.7 Å². The number of aliphatic hydroxyl groups excluding tert-OH is 1. The van der Waals surface area contributed by atoms with E-state index in [9.17, 15) is 9.90 Å². The fourth-order valence-corrected chi connectivity index (χ4v) is 3.07. The number of amides is 1. The van der Waals surface area contributed by atoms with Crippen LogP contribution < -0.4 is 10.1 Å². The fourth-order valence-electron chi connectivity index (χ4n) is 2.76. The summed E-state index contributed by atoms with van der Waals surface area (Å²) in [6, 6.07) is 6.54. The average Bonchev–Trinajstić information content (AvgIpc) is 3.20. The molecule has 0 bridgehead atoms. The van der Waals surface area contributed by atoms with Crippen LogP contribution in [0.1, 0.15) is 6.42 Å². The van der Waals surface area contributed by atoms with Crippen molar-refractivity contribution < 1.29 is 14.6 Å². The number of hydrogen-bond acceptors (Lipinski definition) is 8. The van der Waals surface area contributed by atoms with E-state index in [0.717, 1.165) is 0 Å². The van der Waals surface area contributed by atoms with E-state index >= 15 is 0 Å². The van der Waals surface area contributed by atoms with Crippen LogP contribution in [0.15, 0.2) is 49.2 Å². The molecule has 4 aromatic heterocycles. The van der Waals surface area contributed by atoms with Crippen molar-refractivity contribution in [2.75, 3.05) is 11.9 Å². The van der Waals surface area contributed by atoms with Gasteiger partial charge in [-0.3, -0.25) is 4.79 Å². The van der Waals surface area contributed by atoms with Crippen LogP contribution in [0.4, 0.5) is 5.82 Å². The van der Waals surface area contributed by atoms with Crippen LogP contribution >= 0.6 is 23.2 Å². The van der Waals surface area contributed by atoms with Crippen LogP contribution in [0, 0.1) is 0 Å². The Morgan fingerprint density at radius 3 is 2.77 bits per heavy atom. The summed E-state index contributed by atoms with van der Waals surface area (Å²) in [4.78, 5) is 29.3. The van der Waals surface area contributed by atoms with Crippen molar-refractivity contribution in [1.82, 2.24) is 29.7 Å². The van der Waals surface area contributed by atoms with Gasteiger partial charge in [0.05, 0.1) is 16.2 Å². The highest BCUT2D eigenvalue weighted by Gasteiger charge is 2.24. The van der Waals surface area contributed by atoms with Crippen molar-refractivity contribution in [2.24, 2.45) is 0 Å². The number of carbonyl (C=O) groups excluding carboxylic acids is 1. The fraction of sp³-hybridized carbons (Fsp3) is 0.158. The van der Waals surface area contributed by atoms with Gasteiger partial charge in [-0.25, -0.2) is 19.9 Å². The molecule has 4 rings (SSSR count). The lowest BCUT2D eigenvalue weighted by molar-refractivity contribution is -0.123. The van der Waals surface area contributed by atoms with E-state index < -0.39 is 12.0 Å². The van der Waals surface area contributed by atoms with Crippen molar-refractivity contribution in [3.63, 3.8) is 0 Å². The van der Waals surface area contributed by atoms with Gasteiger partial charge < -0.3 is 15.2 Å². The van der Waals surface area contributed by atoms with E-state index in [0.29, 0.717) is 32.7 Å². The first kappa shape index (κ1) is 20.9. The van der Waals surface area contributed by atoms with Gasteiger partial charge in [-0.2, -0.15) is 9.78 Å². The summed E-state index contributed by atoms with van der Waals surface area (Å²) in [6.45, 7) is -0.275. The third-order valence-corrected chi connectivity index (χ3v) is 4.70. The summed E-state index contributed by atoms with van der Waals surface area (Å²) < 4.78 is 7.27. The second-order valence-electron chi connectivity index (χ2n) is 6.25. The summed E-state index contributed by atoms with van der Waals surface area (Å²) in [5.74, 6) is 0.311. The number of halogens is 2. The topological polar surface area (TPSA) is 128 Å². The lowest BCUT2D eigenvalue weighted by Gasteiger charge is -2.17. The molecule has 158 valence electrons. The highest BCUT2D eigenvalue weighted by Crippen LogP contribution is 2.26. The van der Waals surface area contributed by atoms with Crippen LogP contribution in [-0.2, 0) is 4.79 Å². The number of anilines is 1. The van der Waals surface area contributed by atoms with Crippen LogP contribution in [0.3, 0.4) is 0 Å². The maximum Gasteiger partial charge on any atom is 0.266 e. The minimum Gasteiger partial charge on any atom is -0.464 e. The summed E-state index contributed by atoms with van der Waals surface area (Å²) in [5.41, 5.74) is 0.396. The van der Waals surface area contributed by atoms with E-state index in [1.54, 1.807) is 30.5 Å². The highest BCUT2D eigenvalue weighted by atomic mass is 35.5. The SMILES string of the molecule is O=C(Nc1ccc(Cl)cn1)C(CCO)Oc1ncnc2c1cnn2-c1ncccc1Cl. The quantitative estimate of drug-likeness (QED) is 0.431. The van der Waals surface area contributed by atoms with E-state index in [1.807, 2.05) is 0 Å². The second kappa shape index (κ2) is 9.21. The van der Waals surface area contributed by atoms with Gasteiger partial charge in [0, 0.05) is 25.4 Å². The van der Waals surface area contributed by atoms with Gasteiger partial charge in [0.15, 0.2) is 17.6 Å². The zero-order valence-electron chi connectivity index (χ0n) is 15.8. The van der Waals surface area contributed by atoms with Gasteiger partial charge >= 0.3 is 0 Å². The second-order valence-corrected chi connectivity index (χ2v) is 7.09. The maximum atomic E-state index is 12.7. The number of aromatic nitrogens is 6. The molecule has 1 atom stereocenters. The molecule has 0 aliphatic carbocycles. The molecule has 31 heavy (non-hydrogen) atoms. The predicted octanol–water partition coefficient (Wildman–Crippen LogP) is 2.68. The summed E-state index contributed by atoms with van der Waals surface area (Å²) >= 11 is 12.0. The van der Waals surface area contributed by atoms with Gasteiger partial charge in [-0.1, -0.05) is 23.2 Å². The van der Waals surface area contributed by atoms with Crippen molar-refractivity contribution in [1.29, 1.82) is 0 Å². The molecule has 1 unspecified atom stereocenters. The minimum absolute atomic E-state index is 0.0329. The molecule has 10 nitrogen and oxygen atoms in total. The molecular weight excluding hydrogens is 445 g/mol. The molecule has 0 radical (unpaired) electrons. The highest BCUT2D eigenvalue weighted by molar-refractivity contribution is 6.32. The Balaban J connectivity index is 1.62. The van der Waals surface area contributed by atoms with Crippen molar-refractivity contribution >= 4 is 46.0 Å². The van der Waals surface area contributed by atoms with E-state index in [2.05, 4.69) is 30.4 Å². The number of hydrogen-bond donors (Lipinski definition) is 2. The van der Waals surface area contributed by atoms with Crippen LogP contribution in [0.5, 0.6) is 5.88 Å². The Hall–Kier alpha value is -3.34. The summed E-state index contributed by atoms with van der Waals surface area (Å²) in [7, 11) is 0. The third kappa shape index (κ3) is 4.55. The molecule has 12 heteroatoms. The first-order chi connectivity index (χ1) is 15.1. The normalized spacial score (nSPS) is 12.0. The number of rotatable bonds is 7. The van der Waals surface area contributed by atoms with Crippen molar-refractivity contribution in [2.45, 2.75) is 12.5 Å². The summed E-state index contributed by atoms with van der Waals surface area (Å²) in [6.07, 6.45) is 4.75. The standard InChI is InChI=1S/C19H15Cl2N7O3/c20-11-3-4-15(23-8-11)27-18(30)14(5-7-29)31-19-12-9-26-28(16(12)24-10-25-19)17-13(21)2-1-6-22-17/h1-4,6,8-10,14,29H,5,7H2,(H,23,27,30).